The molecule has 0 aliphatic rings. The second kappa shape index (κ2) is 6.19. The zero-order chi connectivity index (χ0) is 14.6. The molecule has 3 nitrogen and oxygen atoms in total. The number of benzene rings is 1. The summed E-state index contributed by atoms with van der Waals surface area (Å²) in [5, 5.41) is 11.9. The number of carbonyl (C=O) groups is 1. The lowest BCUT2D eigenvalue weighted by Gasteiger charge is -2.10. The van der Waals surface area contributed by atoms with Crippen LogP contribution < -0.4 is 5.32 Å². The van der Waals surface area contributed by atoms with E-state index >= 15 is 0 Å². The average Bonchev–Trinajstić information content (AvgIpc) is 2.26. The van der Waals surface area contributed by atoms with E-state index in [2.05, 4.69) is 5.32 Å². The zero-order valence-corrected chi connectivity index (χ0v) is 12.2. The van der Waals surface area contributed by atoms with Crippen molar-refractivity contribution in [1.82, 2.24) is 5.32 Å². The number of carbonyl (C=O) groups excluding carboxylic acids is 1. The molecule has 1 amide bonds. The fourth-order valence-electron chi connectivity index (χ4n) is 2.05. The van der Waals surface area contributed by atoms with Crippen LogP contribution in [0.2, 0.25) is 0 Å². The van der Waals surface area contributed by atoms with E-state index in [9.17, 15) is 4.79 Å². The summed E-state index contributed by atoms with van der Waals surface area (Å²) in [6.45, 7) is 9.75. The third-order valence-electron chi connectivity index (χ3n) is 2.81. The lowest BCUT2D eigenvalue weighted by atomic mass is 9.98. The van der Waals surface area contributed by atoms with E-state index in [1.807, 2.05) is 52.8 Å². The topological polar surface area (TPSA) is 52.9 Å². The van der Waals surface area contributed by atoms with Gasteiger partial charge in [0, 0.05) is 6.04 Å². The average molecular weight is 256 g/mol. The van der Waals surface area contributed by atoms with E-state index in [-0.39, 0.29) is 17.5 Å². The standard InChI is InChI=1S/C16H20N2O/c1-10(2)18-16(19)14(9-17)8-15-12(4)6-11(3)7-13(15)5/h6-8,10H,1-5H3,(H,18,19)/b14-8-. The Bertz CT molecular complexity index is 540. The van der Waals surface area contributed by atoms with Gasteiger partial charge in [-0.3, -0.25) is 4.79 Å². The van der Waals surface area contributed by atoms with Crippen molar-refractivity contribution in [1.29, 1.82) is 5.26 Å². The summed E-state index contributed by atoms with van der Waals surface area (Å²) in [7, 11) is 0. The van der Waals surface area contributed by atoms with Crippen LogP contribution in [0.4, 0.5) is 0 Å². The Morgan fingerprint density at radius 3 is 2.21 bits per heavy atom. The van der Waals surface area contributed by atoms with Gasteiger partial charge in [0.15, 0.2) is 0 Å². The molecule has 0 bridgehead atoms. The Balaban J connectivity index is 3.20. The predicted octanol–water partition coefficient (Wildman–Crippen LogP) is 3.04. The Labute approximate surface area is 114 Å². The third kappa shape index (κ3) is 3.96. The van der Waals surface area contributed by atoms with Gasteiger partial charge in [0.2, 0.25) is 0 Å². The normalized spacial score (nSPS) is 11.3. The van der Waals surface area contributed by atoms with Gasteiger partial charge >= 0.3 is 0 Å². The molecule has 19 heavy (non-hydrogen) atoms. The van der Waals surface area contributed by atoms with Crippen molar-refractivity contribution in [3.8, 4) is 6.07 Å². The van der Waals surface area contributed by atoms with Gasteiger partial charge in [-0.05, 0) is 57.4 Å². The summed E-state index contributed by atoms with van der Waals surface area (Å²) in [5.74, 6) is -0.322. The number of amides is 1. The molecule has 0 fully saturated rings. The molecule has 0 aliphatic heterocycles. The van der Waals surface area contributed by atoms with E-state index in [1.54, 1.807) is 6.08 Å². The molecule has 1 aromatic carbocycles. The Hall–Kier alpha value is -2.08. The molecule has 0 heterocycles. The van der Waals surface area contributed by atoms with Crippen molar-refractivity contribution in [2.24, 2.45) is 0 Å². The van der Waals surface area contributed by atoms with Crippen molar-refractivity contribution in [3.63, 3.8) is 0 Å². The van der Waals surface area contributed by atoms with Crippen LogP contribution in [0.25, 0.3) is 6.08 Å². The molecule has 100 valence electrons. The van der Waals surface area contributed by atoms with Crippen molar-refractivity contribution < 1.29 is 4.79 Å². The highest BCUT2D eigenvalue weighted by atomic mass is 16.1. The van der Waals surface area contributed by atoms with Crippen LogP contribution in [0.5, 0.6) is 0 Å². The van der Waals surface area contributed by atoms with E-state index in [0.717, 1.165) is 16.7 Å². The minimum absolute atomic E-state index is 0.0180. The molecular formula is C16H20N2O. The summed E-state index contributed by atoms with van der Waals surface area (Å²) in [6, 6.07) is 6.09. The van der Waals surface area contributed by atoms with Crippen LogP contribution in [-0.4, -0.2) is 11.9 Å². The number of rotatable bonds is 3. The lowest BCUT2D eigenvalue weighted by molar-refractivity contribution is -0.117. The highest BCUT2D eigenvalue weighted by molar-refractivity contribution is 6.02. The van der Waals surface area contributed by atoms with Gasteiger partial charge in [-0.2, -0.15) is 5.26 Å². The molecule has 0 radical (unpaired) electrons. The molecule has 0 aliphatic carbocycles. The minimum atomic E-state index is -0.322. The van der Waals surface area contributed by atoms with Gasteiger partial charge < -0.3 is 5.32 Å². The maximum absolute atomic E-state index is 11.9. The second-order valence-electron chi connectivity index (χ2n) is 5.11. The summed E-state index contributed by atoms with van der Waals surface area (Å²) in [5.41, 5.74) is 4.41. The molecule has 3 heteroatoms. The smallest absolute Gasteiger partial charge is 0.262 e. The van der Waals surface area contributed by atoms with Gasteiger partial charge in [0.25, 0.3) is 5.91 Å². The van der Waals surface area contributed by atoms with Gasteiger partial charge in [0.05, 0.1) is 0 Å². The highest BCUT2D eigenvalue weighted by Gasteiger charge is 2.11. The van der Waals surface area contributed by atoms with Gasteiger partial charge in [-0.1, -0.05) is 17.7 Å². The zero-order valence-electron chi connectivity index (χ0n) is 12.2. The molecule has 0 saturated carbocycles. The number of nitrogens with zero attached hydrogens (tertiary/aromatic N) is 1. The molecule has 0 aromatic heterocycles. The van der Waals surface area contributed by atoms with Crippen LogP contribution in [0, 0.1) is 32.1 Å². The number of hydrogen-bond acceptors (Lipinski definition) is 2. The summed E-state index contributed by atoms with van der Waals surface area (Å²) in [6.07, 6.45) is 1.67. The summed E-state index contributed by atoms with van der Waals surface area (Å²) < 4.78 is 0. The molecule has 0 spiro atoms. The van der Waals surface area contributed by atoms with Crippen molar-refractivity contribution >= 4 is 12.0 Å². The van der Waals surface area contributed by atoms with E-state index in [4.69, 9.17) is 5.26 Å². The fourth-order valence-corrected chi connectivity index (χ4v) is 2.05. The van der Waals surface area contributed by atoms with Crippen molar-refractivity contribution in [2.45, 2.75) is 40.7 Å². The Morgan fingerprint density at radius 1 is 1.26 bits per heavy atom. The molecule has 1 rings (SSSR count). The fraction of sp³-hybridized carbons (Fsp3) is 0.375. The van der Waals surface area contributed by atoms with Crippen LogP contribution in [0.15, 0.2) is 17.7 Å². The number of nitriles is 1. The third-order valence-corrected chi connectivity index (χ3v) is 2.81. The Morgan fingerprint density at radius 2 is 1.79 bits per heavy atom. The number of nitrogens with one attached hydrogen (secondary N) is 1. The number of hydrogen-bond donors (Lipinski definition) is 1. The first kappa shape index (κ1) is 15.0. The van der Waals surface area contributed by atoms with Crippen LogP contribution in [-0.2, 0) is 4.79 Å². The molecule has 0 unspecified atom stereocenters. The molecular weight excluding hydrogens is 236 g/mol. The molecule has 1 aromatic rings. The monoisotopic (exact) mass is 256 g/mol. The Kier molecular flexibility index (Phi) is 4.88. The van der Waals surface area contributed by atoms with Crippen molar-refractivity contribution in [2.75, 3.05) is 0 Å². The first-order valence-corrected chi connectivity index (χ1v) is 6.35. The van der Waals surface area contributed by atoms with E-state index in [1.165, 1.54) is 5.56 Å². The molecule has 0 atom stereocenters. The second-order valence-corrected chi connectivity index (χ2v) is 5.11. The van der Waals surface area contributed by atoms with E-state index in [0.29, 0.717) is 0 Å². The molecule has 1 N–H and O–H groups in total. The maximum atomic E-state index is 11.9. The molecule has 0 saturated heterocycles. The summed E-state index contributed by atoms with van der Waals surface area (Å²) >= 11 is 0. The van der Waals surface area contributed by atoms with E-state index < -0.39 is 0 Å². The lowest BCUT2D eigenvalue weighted by Crippen LogP contribution is -2.30. The van der Waals surface area contributed by atoms with Crippen LogP contribution in [0.3, 0.4) is 0 Å². The SMILES string of the molecule is Cc1cc(C)c(/C=C(/C#N)C(=O)NC(C)C)c(C)c1. The largest absolute Gasteiger partial charge is 0.349 e. The highest BCUT2D eigenvalue weighted by Crippen LogP contribution is 2.19. The minimum Gasteiger partial charge on any atom is -0.349 e. The first-order valence-electron chi connectivity index (χ1n) is 6.35. The van der Waals surface area contributed by atoms with Gasteiger partial charge in [0.1, 0.15) is 11.6 Å². The van der Waals surface area contributed by atoms with Gasteiger partial charge in [-0.25, -0.2) is 0 Å². The maximum Gasteiger partial charge on any atom is 0.262 e. The number of aryl methyl sites for hydroxylation is 3. The summed E-state index contributed by atoms with van der Waals surface area (Å²) in [4.78, 5) is 11.9. The quantitative estimate of drug-likeness (QED) is 0.667. The van der Waals surface area contributed by atoms with Crippen LogP contribution >= 0.6 is 0 Å². The van der Waals surface area contributed by atoms with Crippen LogP contribution in [0.1, 0.15) is 36.1 Å². The van der Waals surface area contributed by atoms with Gasteiger partial charge in [-0.15, -0.1) is 0 Å². The predicted molar refractivity (Wildman–Crippen MR) is 77.5 cm³/mol. The van der Waals surface area contributed by atoms with Crippen molar-refractivity contribution in [3.05, 3.63) is 40.0 Å². The first-order chi connectivity index (χ1) is 8.85.